The first-order chi connectivity index (χ1) is 30.8. The van der Waals surface area contributed by atoms with E-state index >= 15 is 0 Å². The molecule has 4 heterocycles. The van der Waals surface area contributed by atoms with E-state index in [4.69, 9.17) is 8.83 Å². The summed E-state index contributed by atoms with van der Waals surface area (Å²) in [4.78, 5) is 0. The fourth-order valence-corrected chi connectivity index (χ4v) is 10.5. The van der Waals surface area contributed by atoms with Crippen molar-refractivity contribution < 1.29 is 8.83 Å². The van der Waals surface area contributed by atoms with Crippen LogP contribution in [0.2, 0.25) is 0 Å². The van der Waals surface area contributed by atoms with Crippen LogP contribution in [0.1, 0.15) is 0 Å². The molecule has 14 aromatic rings. The van der Waals surface area contributed by atoms with Gasteiger partial charge in [0.1, 0.15) is 22.3 Å². The lowest BCUT2D eigenvalue weighted by Gasteiger charge is -2.13. The lowest BCUT2D eigenvalue weighted by molar-refractivity contribution is 0.668. The number of benzene rings is 10. The van der Waals surface area contributed by atoms with Crippen LogP contribution in [-0.4, -0.2) is 9.13 Å². The smallest absolute Gasteiger partial charge is 0.136 e. The summed E-state index contributed by atoms with van der Waals surface area (Å²) in [6, 6.07) is 74.3. The molecule has 0 N–H and O–H groups in total. The molecule has 0 radical (unpaired) electrons. The third-order valence-corrected chi connectivity index (χ3v) is 13.1. The molecule has 0 fully saturated rings. The Morgan fingerprint density at radius 3 is 1.08 bits per heavy atom. The van der Waals surface area contributed by atoms with Crippen molar-refractivity contribution in [1.82, 2.24) is 9.13 Å². The van der Waals surface area contributed by atoms with E-state index in [-0.39, 0.29) is 0 Å². The minimum Gasteiger partial charge on any atom is -0.456 e. The summed E-state index contributed by atoms with van der Waals surface area (Å²) in [5, 5.41) is 11.9. The van der Waals surface area contributed by atoms with E-state index in [0.717, 1.165) is 55.3 Å². The quantitative estimate of drug-likeness (QED) is 0.178. The van der Waals surface area contributed by atoms with Gasteiger partial charge in [-0.05, 0) is 106 Å². The SMILES string of the molecule is c1ccc2c(c1)oc1cccc(-c3cccc4c3c3ccccc3n4-c3ccc4cc(-n5c6ccccc6c6c(-c7cccc8oc9ccccc9c78)cccc65)ccc4c3)c12. The van der Waals surface area contributed by atoms with E-state index in [1.165, 1.54) is 76.6 Å². The predicted octanol–water partition coefficient (Wildman–Crippen LogP) is 16.2. The van der Waals surface area contributed by atoms with Gasteiger partial charge in [0.25, 0.3) is 0 Å². The Labute approximate surface area is 354 Å². The zero-order chi connectivity index (χ0) is 40.5. The van der Waals surface area contributed by atoms with E-state index in [1.54, 1.807) is 0 Å². The van der Waals surface area contributed by atoms with Crippen molar-refractivity contribution in [2.45, 2.75) is 0 Å². The Bertz CT molecular complexity index is 3900. The van der Waals surface area contributed by atoms with Crippen molar-refractivity contribution in [2.24, 2.45) is 0 Å². The van der Waals surface area contributed by atoms with Gasteiger partial charge in [-0.2, -0.15) is 0 Å². The second kappa shape index (κ2) is 12.6. The molecule has 0 aliphatic heterocycles. The van der Waals surface area contributed by atoms with E-state index in [0.29, 0.717) is 0 Å². The lowest BCUT2D eigenvalue weighted by Crippen LogP contribution is -1.96. The molecule has 4 nitrogen and oxygen atoms in total. The monoisotopic (exact) mass is 790 g/mol. The maximum absolute atomic E-state index is 6.34. The number of nitrogens with zero attached hydrogens (tertiary/aromatic N) is 2. The zero-order valence-corrected chi connectivity index (χ0v) is 33.3. The molecule has 0 aliphatic rings. The van der Waals surface area contributed by atoms with Crippen LogP contribution in [0.4, 0.5) is 0 Å². The summed E-state index contributed by atoms with van der Waals surface area (Å²) in [5.74, 6) is 0. The summed E-state index contributed by atoms with van der Waals surface area (Å²) in [6.07, 6.45) is 0. The van der Waals surface area contributed by atoms with Crippen molar-refractivity contribution in [3.8, 4) is 33.6 Å². The standard InChI is InChI=1S/C58H34N2O2/c1-5-21-47-43(13-1)55-39(41-19-11-27-53-57(41)45-15-3-7-25-51(45)61-53)17-9-23-49(55)59(47)37-31-29-36-34-38(32-30-35(36)33-37)60-48-22-6-2-14-44(48)56-40(18-10-24-50(56)60)42-20-12-28-54-58(42)46-16-4-8-26-52(46)62-54/h1-34H. The fourth-order valence-electron chi connectivity index (χ4n) is 10.5. The largest absolute Gasteiger partial charge is 0.456 e. The first kappa shape index (κ1) is 33.5. The van der Waals surface area contributed by atoms with Crippen molar-refractivity contribution in [3.05, 3.63) is 206 Å². The zero-order valence-electron chi connectivity index (χ0n) is 33.3. The van der Waals surface area contributed by atoms with Crippen LogP contribution < -0.4 is 0 Å². The van der Waals surface area contributed by atoms with Gasteiger partial charge in [0.05, 0.1) is 22.1 Å². The molecule has 288 valence electrons. The molecule has 62 heavy (non-hydrogen) atoms. The Kier molecular flexibility index (Phi) is 6.80. The highest BCUT2D eigenvalue weighted by atomic mass is 16.3. The molecule has 0 unspecified atom stereocenters. The maximum atomic E-state index is 6.34. The maximum Gasteiger partial charge on any atom is 0.136 e. The van der Waals surface area contributed by atoms with E-state index in [1.807, 2.05) is 12.1 Å². The van der Waals surface area contributed by atoms with Crippen LogP contribution in [-0.2, 0) is 0 Å². The van der Waals surface area contributed by atoms with Crippen LogP contribution in [0, 0.1) is 0 Å². The topological polar surface area (TPSA) is 36.1 Å². The highest BCUT2D eigenvalue weighted by Gasteiger charge is 2.22. The molecule has 4 heteroatoms. The first-order valence-corrected chi connectivity index (χ1v) is 21.2. The number of fused-ring (bicyclic) bond motifs is 13. The van der Waals surface area contributed by atoms with Gasteiger partial charge in [-0.15, -0.1) is 0 Å². The molecule has 0 atom stereocenters. The molecule has 0 saturated carbocycles. The first-order valence-electron chi connectivity index (χ1n) is 21.2. The fraction of sp³-hybridized carbons (Fsp3) is 0. The minimum atomic E-state index is 0.903. The number of rotatable bonds is 4. The highest BCUT2D eigenvalue weighted by molar-refractivity contribution is 6.22. The third kappa shape index (κ3) is 4.61. The summed E-state index contributed by atoms with van der Waals surface area (Å²) < 4.78 is 17.5. The van der Waals surface area contributed by atoms with Crippen LogP contribution in [0.5, 0.6) is 0 Å². The summed E-state index contributed by atoms with van der Waals surface area (Å²) >= 11 is 0. The molecule has 0 bridgehead atoms. The van der Waals surface area contributed by atoms with Gasteiger partial charge in [0.2, 0.25) is 0 Å². The van der Waals surface area contributed by atoms with Gasteiger partial charge in [-0.1, -0.05) is 133 Å². The highest BCUT2D eigenvalue weighted by Crippen LogP contribution is 2.45. The molecule has 10 aromatic carbocycles. The van der Waals surface area contributed by atoms with Gasteiger partial charge < -0.3 is 18.0 Å². The Hall–Kier alpha value is -8.34. The Balaban J connectivity index is 0.938. The van der Waals surface area contributed by atoms with Crippen molar-refractivity contribution in [2.75, 3.05) is 0 Å². The van der Waals surface area contributed by atoms with Crippen LogP contribution in [0.25, 0.3) is 132 Å². The number of para-hydroxylation sites is 4. The van der Waals surface area contributed by atoms with Crippen molar-refractivity contribution >= 4 is 98.3 Å². The van der Waals surface area contributed by atoms with Crippen LogP contribution in [0.3, 0.4) is 0 Å². The molecular weight excluding hydrogens is 757 g/mol. The third-order valence-electron chi connectivity index (χ3n) is 13.1. The molecule has 0 spiro atoms. The molecule has 0 aliphatic carbocycles. The molecular formula is C58H34N2O2. The number of furan rings is 2. The number of hydrogen-bond acceptors (Lipinski definition) is 2. The minimum absolute atomic E-state index is 0.903. The van der Waals surface area contributed by atoms with Gasteiger partial charge in [-0.3, -0.25) is 0 Å². The van der Waals surface area contributed by atoms with Gasteiger partial charge in [-0.25, -0.2) is 0 Å². The molecule has 4 aromatic heterocycles. The molecule has 14 rings (SSSR count). The normalized spacial score (nSPS) is 12.2. The molecule has 0 saturated heterocycles. The lowest BCUT2D eigenvalue weighted by atomic mass is 9.95. The van der Waals surface area contributed by atoms with Crippen LogP contribution in [0.15, 0.2) is 215 Å². The Morgan fingerprint density at radius 1 is 0.258 bits per heavy atom. The predicted molar refractivity (Wildman–Crippen MR) is 258 cm³/mol. The van der Waals surface area contributed by atoms with Crippen molar-refractivity contribution in [3.63, 3.8) is 0 Å². The molecule has 0 amide bonds. The van der Waals surface area contributed by atoms with Gasteiger partial charge in [0.15, 0.2) is 0 Å². The van der Waals surface area contributed by atoms with E-state index < -0.39 is 0 Å². The van der Waals surface area contributed by atoms with Crippen molar-refractivity contribution in [1.29, 1.82) is 0 Å². The van der Waals surface area contributed by atoms with E-state index in [9.17, 15) is 0 Å². The van der Waals surface area contributed by atoms with Gasteiger partial charge in [0, 0.05) is 54.5 Å². The number of hydrogen-bond donors (Lipinski definition) is 0. The Morgan fingerprint density at radius 2 is 0.613 bits per heavy atom. The second-order valence-electron chi connectivity index (χ2n) is 16.4. The summed E-state index contributed by atoms with van der Waals surface area (Å²) in [7, 11) is 0. The van der Waals surface area contributed by atoms with Crippen LogP contribution >= 0.6 is 0 Å². The number of aromatic nitrogens is 2. The van der Waals surface area contributed by atoms with Gasteiger partial charge >= 0.3 is 0 Å². The average molecular weight is 791 g/mol. The average Bonchev–Trinajstić information content (AvgIpc) is 4.09. The summed E-state index contributed by atoms with van der Waals surface area (Å²) in [5.41, 5.74) is 15.3. The summed E-state index contributed by atoms with van der Waals surface area (Å²) in [6.45, 7) is 0. The van der Waals surface area contributed by atoms with E-state index in [2.05, 4.69) is 203 Å². The second-order valence-corrected chi connectivity index (χ2v) is 16.4.